The van der Waals surface area contributed by atoms with Gasteiger partial charge in [0, 0.05) is 24.2 Å². The van der Waals surface area contributed by atoms with E-state index in [9.17, 15) is 0 Å². The zero-order valence-electron chi connectivity index (χ0n) is 7.37. The molecule has 0 bridgehead atoms. The Kier molecular flexibility index (Phi) is 3.96. The first-order valence-corrected chi connectivity index (χ1v) is 5.43. The average molecular weight is 287 g/mol. The molecule has 1 heterocycles. The van der Waals surface area contributed by atoms with E-state index in [1.807, 2.05) is 11.9 Å². The minimum atomic E-state index is 0.658. The fourth-order valence-corrected chi connectivity index (χ4v) is 1.66. The molecule has 0 saturated heterocycles. The van der Waals surface area contributed by atoms with Crippen molar-refractivity contribution in [2.45, 2.75) is 0 Å². The van der Waals surface area contributed by atoms with Crippen molar-refractivity contribution in [3.05, 3.63) is 23.9 Å². The zero-order valence-corrected chi connectivity index (χ0v) is 9.52. The lowest BCUT2D eigenvalue weighted by molar-refractivity contribution is 0.954. The topological polar surface area (TPSA) is 39.9 Å². The van der Waals surface area contributed by atoms with E-state index in [0.717, 1.165) is 16.8 Å². The van der Waals surface area contributed by atoms with Crippen LogP contribution in [0, 0.1) is 11.3 Å². The highest BCUT2D eigenvalue weighted by atomic mass is 127. The summed E-state index contributed by atoms with van der Waals surface area (Å²) in [6.07, 6.45) is 1.66. The van der Waals surface area contributed by atoms with E-state index in [-0.39, 0.29) is 0 Å². The minimum absolute atomic E-state index is 0.658. The molecule has 1 aromatic rings. The Balaban J connectivity index is 2.83. The van der Waals surface area contributed by atoms with Crippen molar-refractivity contribution in [3.8, 4) is 6.07 Å². The molecular formula is C9H10IN3. The van der Waals surface area contributed by atoms with E-state index < -0.39 is 0 Å². The molecule has 0 fully saturated rings. The monoisotopic (exact) mass is 287 g/mol. The van der Waals surface area contributed by atoms with E-state index in [2.05, 4.69) is 33.6 Å². The molecule has 0 N–H and O–H groups in total. The van der Waals surface area contributed by atoms with Gasteiger partial charge in [0.1, 0.15) is 5.82 Å². The van der Waals surface area contributed by atoms with Gasteiger partial charge in [-0.15, -0.1) is 0 Å². The van der Waals surface area contributed by atoms with E-state index in [0.29, 0.717) is 5.56 Å². The highest BCUT2D eigenvalue weighted by Gasteiger charge is 2.01. The van der Waals surface area contributed by atoms with Crippen LogP contribution in [-0.4, -0.2) is 23.0 Å². The third-order valence-electron chi connectivity index (χ3n) is 1.69. The molecule has 0 spiro atoms. The summed E-state index contributed by atoms with van der Waals surface area (Å²) >= 11 is 2.31. The SMILES string of the molecule is CN(CCI)c1cc(C#N)ccn1. The van der Waals surface area contributed by atoms with Crippen molar-refractivity contribution < 1.29 is 0 Å². The van der Waals surface area contributed by atoms with Gasteiger partial charge < -0.3 is 4.90 Å². The first-order valence-electron chi connectivity index (χ1n) is 3.91. The van der Waals surface area contributed by atoms with Gasteiger partial charge in [-0.3, -0.25) is 0 Å². The molecule has 0 amide bonds. The lowest BCUT2D eigenvalue weighted by atomic mass is 10.3. The van der Waals surface area contributed by atoms with Gasteiger partial charge >= 0.3 is 0 Å². The number of halogens is 1. The van der Waals surface area contributed by atoms with Crippen LogP contribution < -0.4 is 4.90 Å². The number of rotatable bonds is 3. The van der Waals surface area contributed by atoms with E-state index in [1.54, 1.807) is 18.3 Å². The molecule has 0 radical (unpaired) electrons. The number of hydrogen-bond donors (Lipinski definition) is 0. The Labute approximate surface area is 91.5 Å². The second kappa shape index (κ2) is 5.02. The number of aromatic nitrogens is 1. The highest BCUT2D eigenvalue weighted by Crippen LogP contribution is 2.10. The van der Waals surface area contributed by atoms with Crippen molar-refractivity contribution in [2.24, 2.45) is 0 Å². The van der Waals surface area contributed by atoms with E-state index in [1.165, 1.54) is 0 Å². The van der Waals surface area contributed by atoms with Crippen LogP contribution in [0.2, 0.25) is 0 Å². The fraction of sp³-hybridized carbons (Fsp3) is 0.333. The Morgan fingerprint density at radius 1 is 1.69 bits per heavy atom. The van der Waals surface area contributed by atoms with Crippen LogP contribution in [0.25, 0.3) is 0 Å². The number of nitrogens with zero attached hydrogens (tertiary/aromatic N) is 3. The Hall–Kier alpha value is -0.830. The van der Waals surface area contributed by atoms with Crippen LogP contribution in [0.1, 0.15) is 5.56 Å². The second-order valence-corrected chi connectivity index (χ2v) is 3.70. The first kappa shape index (κ1) is 10.3. The number of alkyl halides is 1. The van der Waals surface area contributed by atoms with Crippen LogP contribution in [-0.2, 0) is 0 Å². The van der Waals surface area contributed by atoms with Gasteiger partial charge in [-0.25, -0.2) is 4.98 Å². The normalized spacial score (nSPS) is 9.31. The molecule has 0 atom stereocenters. The van der Waals surface area contributed by atoms with Crippen LogP contribution in [0.4, 0.5) is 5.82 Å². The largest absolute Gasteiger partial charge is 0.359 e. The molecule has 0 saturated carbocycles. The van der Waals surface area contributed by atoms with Crippen LogP contribution in [0.3, 0.4) is 0 Å². The molecule has 13 heavy (non-hydrogen) atoms. The molecule has 4 heteroatoms. The van der Waals surface area contributed by atoms with Crippen LogP contribution >= 0.6 is 22.6 Å². The van der Waals surface area contributed by atoms with Crippen molar-refractivity contribution in [1.82, 2.24) is 4.98 Å². The van der Waals surface area contributed by atoms with Gasteiger partial charge in [-0.2, -0.15) is 5.26 Å². The lowest BCUT2D eigenvalue weighted by Crippen LogP contribution is -2.20. The standard InChI is InChI=1S/C9H10IN3/c1-13(5-3-10)9-6-8(7-11)2-4-12-9/h2,4,6H,3,5H2,1H3. The molecule has 3 nitrogen and oxygen atoms in total. The van der Waals surface area contributed by atoms with Gasteiger partial charge in [-0.1, -0.05) is 22.6 Å². The summed E-state index contributed by atoms with van der Waals surface area (Å²) in [6, 6.07) is 5.60. The summed E-state index contributed by atoms with van der Waals surface area (Å²) in [5, 5.41) is 8.68. The maximum Gasteiger partial charge on any atom is 0.129 e. The van der Waals surface area contributed by atoms with Crippen molar-refractivity contribution >= 4 is 28.4 Å². The zero-order chi connectivity index (χ0) is 9.68. The van der Waals surface area contributed by atoms with Gasteiger partial charge in [0.05, 0.1) is 11.6 Å². The summed E-state index contributed by atoms with van der Waals surface area (Å²) in [6.45, 7) is 0.947. The van der Waals surface area contributed by atoms with Gasteiger partial charge in [0.2, 0.25) is 0 Å². The summed E-state index contributed by atoms with van der Waals surface area (Å²) in [5.41, 5.74) is 0.658. The third kappa shape index (κ3) is 2.84. The molecule has 1 rings (SSSR count). The molecule has 0 unspecified atom stereocenters. The lowest BCUT2D eigenvalue weighted by Gasteiger charge is -2.16. The van der Waals surface area contributed by atoms with Crippen molar-refractivity contribution in [1.29, 1.82) is 5.26 Å². The predicted octanol–water partition coefficient (Wildman–Crippen LogP) is 1.82. The smallest absolute Gasteiger partial charge is 0.129 e. The van der Waals surface area contributed by atoms with Crippen molar-refractivity contribution in [3.63, 3.8) is 0 Å². The Morgan fingerprint density at radius 3 is 3.08 bits per heavy atom. The summed E-state index contributed by atoms with van der Waals surface area (Å²) < 4.78 is 1.05. The first-order chi connectivity index (χ1) is 6.27. The minimum Gasteiger partial charge on any atom is -0.359 e. The molecule has 1 aromatic heterocycles. The quantitative estimate of drug-likeness (QED) is 0.629. The van der Waals surface area contributed by atoms with E-state index >= 15 is 0 Å². The maximum atomic E-state index is 8.68. The van der Waals surface area contributed by atoms with Crippen molar-refractivity contribution in [2.75, 3.05) is 22.9 Å². The summed E-state index contributed by atoms with van der Waals surface area (Å²) in [7, 11) is 1.97. The third-order valence-corrected chi connectivity index (χ3v) is 2.17. The second-order valence-electron chi connectivity index (χ2n) is 2.63. The predicted molar refractivity (Wildman–Crippen MR) is 61.1 cm³/mol. The summed E-state index contributed by atoms with van der Waals surface area (Å²) in [4.78, 5) is 6.21. The van der Waals surface area contributed by atoms with Gasteiger partial charge in [-0.05, 0) is 12.1 Å². The molecule has 0 aliphatic carbocycles. The number of hydrogen-bond acceptors (Lipinski definition) is 3. The van der Waals surface area contributed by atoms with Crippen LogP contribution in [0.15, 0.2) is 18.3 Å². The maximum absolute atomic E-state index is 8.68. The molecule has 68 valence electrons. The Morgan fingerprint density at radius 2 is 2.46 bits per heavy atom. The number of nitriles is 1. The van der Waals surface area contributed by atoms with Gasteiger partial charge in [0.25, 0.3) is 0 Å². The fourth-order valence-electron chi connectivity index (χ4n) is 0.938. The average Bonchev–Trinajstić information content (AvgIpc) is 2.18. The Bertz CT molecular complexity index is 319. The highest BCUT2D eigenvalue weighted by molar-refractivity contribution is 14.1. The van der Waals surface area contributed by atoms with Crippen LogP contribution in [0.5, 0.6) is 0 Å². The van der Waals surface area contributed by atoms with Gasteiger partial charge in [0.15, 0.2) is 0 Å². The molecule has 0 aromatic carbocycles. The number of pyridine rings is 1. The molecular weight excluding hydrogens is 277 g/mol. The molecule has 0 aliphatic heterocycles. The molecule has 0 aliphatic rings. The number of anilines is 1. The van der Waals surface area contributed by atoms with E-state index in [4.69, 9.17) is 5.26 Å². The summed E-state index contributed by atoms with van der Waals surface area (Å²) in [5.74, 6) is 0.857.